The largest absolute Gasteiger partial charge is 0.398 e. The third-order valence-electron chi connectivity index (χ3n) is 3.44. The van der Waals surface area contributed by atoms with Gasteiger partial charge in [-0.3, -0.25) is 0 Å². The van der Waals surface area contributed by atoms with Crippen LogP contribution in [0.25, 0.3) is 0 Å². The summed E-state index contributed by atoms with van der Waals surface area (Å²) in [5, 5.41) is 9.43. The van der Waals surface area contributed by atoms with Gasteiger partial charge in [-0.05, 0) is 43.5 Å². The van der Waals surface area contributed by atoms with Gasteiger partial charge in [0.1, 0.15) is 0 Å². The predicted molar refractivity (Wildman–Crippen MR) is 69.7 cm³/mol. The molecule has 1 aromatic rings. The Morgan fingerprint density at radius 3 is 2.56 bits per heavy atom. The lowest BCUT2D eigenvalue weighted by molar-refractivity contribution is 0.189. The van der Waals surface area contributed by atoms with Crippen LogP contribution in [0.15, 0.2) is 17.0 Å². The quantitative estimate of drug-likeness (QED) is 0.773. The van der Waals surface area contributed by atoms with E-state index in [9.17, 15) is 13.5 Å². The zero-order valence-electron chi connectivity index (χ0n) is 10.5. The third-order valence-corrected chi connectivity index (χ3v) is 5.29. The Balaban J connectivity index is 2.42. The van der Waals surface area contributed by atoms with E-state index in [1.807, 2.05) is 13.8 Å². The minimum absolute atomic E-state index is 0.162. The summed E-state index contributed by atoms with van der Waals surface area (Å²) in [7, 11) is -3.54. The number of aryl methyl sites for hydroxylation is 1. The van der Waals surface area contributed by atoms with Gasteiger partial charge >= 0.3 is 0 Å². The van der Waals surface area contributed by atoms with Crippen molar-refractivity contribution in [2.45, 2.75) is 31.3 Å². The number of hydrogen-bond donors (Lipinski definition) is 2. The third kappa shape index (κ3) is 2.23. The molecule has 3 N–H and O–H groups in total. The van der Waals surface area contributed by atoms with Crippen LogP contribution in [0.1, 0.15) is 17.5 Å². The molecule has 0 aliphatic carbocycles. The first-order valence-electron chi connectivity index (χ1n) is 5.87. The molecule has 1 saturated heterocycles. The summed E-state index contributed by atoms with van der Waals surface area (Å²) in [5.41, 5.74) is 8.05. The number of rotatable bonds is 2. The Kier molecular flexibility index (Phi) is 3.35. The fourth-order valence-electron chi connectivity index (χ4n) is 2.08. The van der Waals surface area contributed by atoms with E-state index >= 15 is 0 Å². The number of anilines is 1. The fraction of sp³-hybridized carbons (Fsp3) is 0.500. The number of nitrogens with zero attached hydrogens (tertiary/aromatic N) is 1. The van der Waals surface area contributed by atoms with Crippen LogP contribution in [0.5, 0.6) is 0 Å². The number of nitrogens with two attached hydrogens (primary N) is 1. The second-order valence-electron chi connectivity index (χ2n) is 4.76. The minimum Gasteiger partial charge on any atom is -0.398 e. The van der Waals surface area contributed by atoms with Crippen LogP contribution in [-0.4, -0.2) is 37.0 Å². The number of β-amino-alcohol motifs (C(OH)–C–C–N with tert-alkyl or cyclic N) is 1. The van der Waals surface area contributed by atoms with Crippen LogP contribution in [0.4, 0.5) is 5.69 Å². The second-order valence-corrected chi connectivity index (χ2v) is 6.70. The molecule has 2 rings (SSSR count). The summed E-state index contributed by atoms with van der Waals surface area (Å²) in [6, 6.07) is 3.12. The molecule has 100 valence electrons. The smallest absolute Gasteiger partial charge is 0.243 e. The number of aliphatic hydroxyl groups is 1. The van der Waals surface area contributed by atoms with Crippen molar-refractivity contribution in [3.63, 3.8) is 0 Å². The summed E-state index contributed by atoms with van der Waals surface area (Å²) in [4.78, 5) is 0.206. The molecule has 0 saturated carbocycles. The van der Waals surface area contributed by atoms with Gasteiger partial charge in [-0.15, -0.1) is 0 Å². The van der Waals surface area contributed by atoms with Crippen molar-refractivity contribution in [1.29, 1.82) is 0 Å². The van der Waals surface area contributed by atoms with E-state index in [1.54, 1.807) is 6.07 Å². The Bertz CT molecular complexity index is 546. The van der Waals surface area contributed by atoms with E-state index in [4.69, 9.17) is 5.73 Å². The molecule has 0 aromatic heterocycles. The Morgan fingerprint density at radius 1 is 1.39 bits per heavy atom. The molecular weight excluding hydrogens is 252 g/mol. The van der Waals surface area contributed by atoms with E-state index in [1.165, 1.54) is 10.4 Å². The first-order valence-corrected chi connectivity index (χ1v) is 7.31. The maximum atomic E-state index is 12.4. The van der Waals surface area contributed by atoms with Gasteiger partial charge in [0.2, 0.25) is 10.0 Å². The average molecular weight is 270 g/mol. The van der Waals surface area contributed by atoms with Crippen molar-refractivity contribution in [2.24, 2.45) is 0 Å². The van der Waals surface area contributed by atoms with Gasteiger partial charge in [0.25, 0.3) is 0 Å². The zero-order chi connectivity index (χ0) is 13.5. The average Bonchev–Trinajstić information content (AvgIpc) is 2.72. The highest BCUT2D eigenvalue weighted by Crippen LogP contribution is 2.26. The van der Waals surface area contributed by atoms with Gasteiger partial charge in [0, 0.05) is 18.8 Å². The van der Waals surface area contributed by atoms with Crippen molar-refractivity contribution in [3.05, 3.63) is 23.3 Å². The van der Waals surface area contributed by atoms with Crippen LogP contribution in [0.3, 0.4) is 0 Å². The van der Waals surface area contributed by atoms with Gasteiger partial charge in [0.15, 0.2) is 0 Å². The van der Waals surface area contributed by atoms with Gasteiger partial charge in [-0.2, -0.15) is 4.31 Å². The number of sulfonamides is 1. The topological polar surface area (TPSA) is 83.6 Å². The molecule has 1 aliphatic rings. The van der Waals surface area contributed by atoms with Crippen LogP contribution < -0.4 is 5.73 Å². The molecule has 1 heterocycles. The first kappa shape index (κ1) is 13.3. The van der Waals surface area contributed by atoms with Gasteiger partial charge in [-0.25, -0.2) is 8.42 Å². The second kappa shape index (κ2) is 4.53. The van der Waals surface area contributed by atoms with Gasteiger partial charge < -0.3 is 10.8 Å². The highest BCUT2D eigenvalue weighted by Gasteiger charge is 2.31. The molecule has 18 heavy (non-hydrogen) atoms. The molecule has 0 radical (unpaired) electrons. The molecule has 0 unspecified atom stereocenters. The summed E-state index contributed by atoms with van der Waals surface area (Å²) < 4.78 is 26.0. The monoisotopic (exact) mass is 270 g/mol. The van der Waals surface area contributed by atoms with Crippen molar-refractivity contribution in [2.75, 3.05) is 18.8 Å². The molecule has 6 heteroatoms. The summed E-state index contributed by atoms with van der Waals surface area (Å²) in [6.07, 6.45) is -0.0804. The van der Waals surface area contributed by atoms with Crippen molar-refractivity contribution < 1.29 is 13.5 Å². The molecule has 0 bridgehead atoms. The Labute approximate surface area is 107 Å². The summed E-state index contributed by atoms with van der Waals surface area (Å²) >= 11 is 0. The highest BCUT2D eigenvalue weighted by atomic mass is 32.2. The molecule has 1 aromatic carbocycles. The molecule has 1 atom stereocenters. The summed E-state index contributed by atoms with van der Waals surface area (Å²) in [5.74, 6) is 0. The molecule has 1 aliphatic heterocycles. The Hall–Kier alpha value is -1.11. The maximum absolute atomic E-state index is 12.4. The van der Waals surface area contributed by atoms with E-state index < -0.39 is 16.1 Å². The molecule has 0 spiro atoms. The highest BCUT2D eigenvalue weighted by molar-refractivity contribution is 7.89. The van der Waals surface area contributed by atoms with E-state index in [2.05, 4.69) is 0 Å². The zero-order valence-corrected chi connectivity index (χ0v) is 11.4. The number of nitrogen functional groups attached to an aromatic ring is 1. The minimum atomic E-state index is -3.54. The van der Waals surface area contributed by atoms with E-state index in [0.717, 1.165) is 11.1 Å². The molecular formula is C12H18N2O3S. The maximum Gasteiger partial charge on any atom is 0.243 e. The predicted octanol–water partition coefficient (Wildman–Crippen LogP) is 0.641. The molecule has 0 amide bonds. The first-order chi connectivity index (χ1) is 8.32. The lowest BCUT2D eigenvalue weighted by atomic mass is 10.1. The fourth-order valence-corrected chi connectivity index (χ4v) is 3.69. The molecule has 5 nitrogen and oxygen atoms in total. The van der Waals surface area contributed by atoms with E-state index in [-0.39, 0.29) is 11.4 Å². The Morgan fingerprint density at radius 2 is 2.06 bits per heavy atom. The number of hydrogen-bond acceptors (Lipinski definition) is 4. The van der Waals surface area contributed by atoms with Crippen molar-refractivity contribution in [3.8, 4) is 0 Å². The SMILES string of the molecule is Cc1cc(S(=O)(=O)N2CC[C@@H](O)C2)cc(N)c1C. The van der Waals surface area contributed by atoms with Crippen molar-refractivity contribution in [1.82, 2.24) is 4.31 Å². The number of benzene rings is 1. The lowest BCUT2D eigenvalue weighted by Gasteiger charge is -2.17. The van der Waals surface area contributed by atoms with Gasteiger partial charge in [0.05, 0.1) is 11.0 Å². The standard InChI is InChI=1S/C12H18N2O3S/c1-8-5-11(6-12(13)9(8)2)18(16,17)14-4-3-10(15)7-14/h5-6,10,15H,3-4,7,13H2,1-2H3/t10-/m1/s1. The van der Waals surface area contributed by atoms with Gasteiger partial charge in [-0.1, -0.05) is 0 Å². The van der Waals surface area contributed by atoms with Crippen LogP contribution >= 0.6 is 0 Å². The van der Waals surface area contributed by atoms with E-state index in [0.29, 0.717) is 18.7 Å². The number of aliphatic hydroxyl groups excluding tert-OH is 1. The normalized spacial score (nSPS) is 21.4. The lowest BCUT2D eigenvalue weighted by Crippen LogP contribution is -2.29. The summed E-state index contributed by atoms with van der Waals surface area (Å²) in [6.45, 7) is 4.22. The van der Waals surface area contributed by atoms with Crippen LogP contribution in [0, 0.1) is 13.8 Å². The van der Waals surface area contributed by atoms with Crippen LogP contribution in [0.2, 0.25) is 0 Å². The van der Waals surface area contributed by atoms with Crippen molar-refractivity contribution >= 4 is 15.7 Å². The molecule has 1 fully saturated rings. The van der Waals surface area contributed by atoms with Crippen LogP contribution in [-0.2, 0) is 10.0 Å².